The van der Waals surface area contributed by atoms with Crippen LogP contribution in [0.15, 0.2) is 30.3 Å². The van der Waals surface area contributed by atoms with E-state index in [4.69, 9.17) is 28.8 Å². The molecule has 2 aromatic rings. The summed E-state index contributed by atoms with van der Waals surface area (Å²) in [7, 11) is 0. The lowest BCUT2D eigenvalue weighted by atomic mass is 9.97. The Morgan fingerprint density at radius 3 is 2.32 bits per heavy atom. The number of fused-ring (bicyclic) bond motifs is 3. The Kier molecular flexibility index (Phi) is 2.24. The van der Waals surface area contributed by atoms with Gasteiger partial charge in [-0.1, -0.05) is 24.3 Å². The quantitative estimate of drug-likeness (QED) is 0.184. The summed E-state index contributed by atoms with van der Waals surface area (Å²) in [5.41, 5.74) is 30.4. The number of rotatable bonds is 1. The molecule has 1 unspecified atom stereocenters. The Morgan fingerprint density at radius 1 is 0.947 bits per heavy atom. The van der Waals surface area contributed by atoms with E-state index in [1.165, 1.54) is 0 Å². The maximum Gasteiger partial charge on any atom is 0.132 e. The summed E-state index contributed by atoms with van der Waals surface area (Å²) in [5, 5.41) is 0. The monoisotopic (exact) mass is 256 g/mol. The van der Waals surface area contributed by atoms with Crippen LogP contribution in [0.5, 0.6) is 0 Å². The molecule has 6 nitrogen and oxygen atoms in total. The molecule has 0 aromatic heterocycles. The van der Waals surface area contributed by atoms with Gasteiger partial charge in [-0.3, -0.25) is 5.84 Å². The van der Waals surface area contributed by atoms with Crippen LogP contribution in [0.3, 0.4) is 0 Å². The lowest BCUT2D eigenvalue weighted by molar-refractivity contribution is 0.438. The van der Waals surface area contributed by atoms with Gasteiger partial charge in [0.25, 0.3) is 0 Å². The van der Waals surface area contributed by atoms with Crippen LogP contribution in [-0.4, -0.2) is 0 Å². The largest absolute Gasteiger partial charge is 0.397 e. The van der Waals surface area contributed by atoms with E-state index in [0.717, 1.165) is 22.3 Å². The van der Waals surface area contributed by atoms with Crippen molar-refractivity contribution >= 4 is 17.1 Å². The number of hydrogen-bond acceptors (Lipinski definition) is 6. The second kappa shape index (κ2) is 3.61. The molecule has 6 heteroatoms. The zero-order chi connectivity index (χ0) is 13.8. The fourth-order valence-corrected chi connectivity index (χ4v) is 2.69. The van der Waals surface area contributed by atoms with Crippen molar-refractivity contribution in [3.05, 3.63) is 41.5 Å². The Hall–Kier alpha value is -2.28. The van der Waals surface area contributed by atoms with E-state index in [0.29, 0.717) is 17.1 Å². The van der Waals surface area contributed by atoms with Crippen molar-refractivity contribution in [2.75, 3.05) is 17.2 Å². The maximum absolute atomic E-state index is 6.38. The molecule has 0 fully saturated rings. The van der Waals surface area contributed by atoms with E-state index in [1.54, 1.807) is 6.07 Å². The summed E-state index contributed by atoms with van der Waals surface area (Å²) in [5.74, 6) is 5.65. The maximum atomic E-state index is 6.38. The molecule has 98 valence electrons. The molecule has 0 aliphatic heterocycles. The second-order valence-electron chi connectivity index (χ2n) is 4.71. The molecule has 3 rings (SSSR count). The Labute approximate surface area is 110 Å². The average molecular weight is 256 g/mol. The van der Waals surface area contributed by atoms with Crippen molar-refractivity contribution < 1.29 is 0 Å². The first-order valence-corrected chi connectivity index (χ1v) is 5.85. The summed E-state index contributed by atoms with van der Waals surface area (Å²) >= 11 is 0. The molecule has 0 spiro atoms. The van der Waals surface area contributed by atoms with Gasteiger partial charge in [0.2, 0.25) is 0 Å². The predicted molar refractivity (Wildman–Crippen MR) is 77.4 cm³/mol. The molecular formula is C13H16N6. The van der Waals surface area contributed by atoms with Crippen molar-refractivity contribution in [3.8, 4) is 11.1 Å². The predicted octanol–water partition coefficient (Wildman–Crippen LogP) is 0.0367. The minimum Gasteiger partial charge on any atom is -0.397 e. The van der Waals surface area contributed by atoms with E-state index in [1.807, 2.05) is 24.3 Å². The third-order valence-electron chi connectivity index (χ3n) is 3.71. The summed E-state index contributed by atoms with van der Waals surface area (Å²) in [4.78, 5) is 0. The number of nitrogen functional groups attached to an aromatic ring is 3. The zero-order valence-corrected chi connectivity index (χ0v) is 10.3. The number of nitrogens with one attached hydrogen (secondary N) is 1. The molecule has 2 aromatic carbocycles. The van der Waals surface area contributed by atoms with Gasteiger partial charge in [0.05, 0.1) is 17.1 Å². The molecular weight excluding hydrogens is 240 g/mol. The molecule has 19 heavy (non-hydrogen) atoms. The smallest absolute Gasteiger partial charge is 0.132 e. The lowest BCUT2D eigenvalue weighted by Gasteiger charge is -2.26. The second-order valence-corrected chi connectivity index (χ2v) is 4.71. The summed E-state index contributed by atoms with van der Waals surface area (Å²) < 4.78 is 0. The van der Waals surface area contributed by atoms with Crippen LogP contribution in [0.1, 0.15) is 11.1 Å². The molecule has 0 saturated carbocycles. The van der Waals surface area contributed by atoms with Crippen LogP contribution in [0, 0.1) is 0 Å². The standard InChI is InChI=1S/C13H16N6/c14-9-5-8-10(12(16)11(9)15)6-3-1-2-4-7(6)13(8,17)19-18/h1-5,19H,14-18H2. The highest BCUT2D eigenvalue weighted by Gasteiger charge is 2.41. The van der Waals surface area contributed by atoms with Crippen LogP contribution in [0.4, 0.5) is 17.1 Å². The number of hydrogen-bond donors (Lipinski definition) is 6. The minimum atomic E-state index is -1.01. The molecule has 1 atom stereocenters. The van der Waals surface area contributed by atoms with E-state index in [9.17, 15) is 0 Å². The van der Waals surface area contributed by atoms with Crippen molar-refractivity contribution in [2.24, 2.45) is 11.6 Å². The number of hydrazine groups is 1. The lowest BCUT2D eigenvalue weighted by Crippen LogP contribution is -2.53. The summed E-state index contributed by atoms with van der Waals surface area (Å²) in [6, 6.07) is 9.37. The van der Waals surface area contributed by atoms with Gasteiger partial charge in [0.1, 0.15) is 5.66 Å². The van der Waals surface area contributed by atoms with Gasteiger partial charge in [-0.2, -0.15) is 0 Å². The van der Waals surface area contributed by atoms with Gasteiger partial charge in [0.15, 0.2) is 0 Å². The van der Waals surface area contributed by atoms with E-state index in [-0.39, 0.29) is 0 Å². The topological polar surface area (TPSA) is 142 Å². The van der Waals surface area contributed by atoms with Gasteiger partial charge in [-0.25, -0.2) is 5.43 Å². The fraction of sp³-hybridized carbons (Fsp3) is 0.0769. The third kappa shape index (κ3) is 1.30. The van der Waals surface area contributed by atoms with Crippen molar-refractivity contribution in [2.45, 2.75) is 5.66 Å². The zero-order valence-electron chi connectivity index (χ0n) is 10.3. The average Bonchev–Trinajstić information content (AvgIpc) is 2.67. The van der Waals surface area contributed by atoms with Crippen molar-refractivity contribution in [1.82, 2.24) is 5.43 Å². The van der Waals surface area contributed by atoms with Crippen LogP contribution in [0.25, 0.3) is 11.1 Å². The Morgan fingerprint density at radius 2 is 1.63 bits per heavy atom. The summed E-state index contributed by atoms with van der Waals surface area (Å²) in [6.45, 7) is 0. The summed E-state index contributed by atoms with van der Waals surface area (Å²) in [6.07, 6.45) is 0. The van der Waals surface area contributed by atoms with Gasteiger partial charge in [0, 0.05) is 16.7 Å². The first kappa shape index (κ1) is 11.8. The first-order valence-electron chi connectivity index (χ1n) is 5.85. The number of benzene rings is 2. The van der Waals surface area contributed by atoms with Crippen molar-refractivity contribution in [3.63, 3.8) is 0 Å². The molecule has 11 N–H and O–H groups in total. The minimum absolute atomic E-state index is 0.370. The highest BCUT2D eigenvalue weighted by molar-refractivity contribution is 5.97. The highest BCUT2D eigenvalue weighted by atomic mass is 15.3. The molecule has 1 aliphatic rings. The van der Waals surface area contributed by atoms with E-state index < -0.39 is 5.66 Å². The molecule has 0 saturated heterocycles. The van der Waals surface area contributed by atoms with Crippen molar-refractivity contribution in [1.29, 1.82) is 0 Å². The van der Waals surface area contributed by atoms with Crippen LogP contribution >= 0.6 is 0 Å². The van der Waals surface area contributed by atoms with Gasteiger partial charge in [-0.15, -0.1) is 0 Å². The fourth-order valence-electron chi connectivity index (χ4n) is 2.69. The van der Waals surface area contributed by atoms with Gasteiger partial charge >= 0.3 is 0 Å². The molecule has 0 bridgehead atoms. The van der Waals surface area contributed by atoms with Gasteiger partial charge in [-0.05, 0) is 11.6 Å². The van der Waals surface area contributed by atoms with E-state index in [2.05, 4.69) is 5.43 Å². The number of anilines is 3. The van der Waals surface area contributed by atoms with Gasteiger partial charge < -0.3 is 22.9 Å². The van der Waals surface area contributed by atoms with Crippen LogP contribution in [0.2, 0.25) is 0 Å². The normalized spacial score (nSPS) is 20.1. The van der Waals surface area contributed by atoms with Crippen LogP contribution in [-0.2, 0) is 5.66 Å². The molecule has 0 heterocycles. The van der Waals surface area contributed by atoms with E-state index >= 15 is 0 Å². The molecule has 1 aliphatic carbocycles. The molecule has 0 radical (unpaired) electrons. The SMILES string of the molecule is NNC1(N)c2ccccc2-c2c1cc(N)c(N)c2N. The highest BCUT2D eigenvalue weighted by Crippen LogP contribution is 2.50. The Bertz CT molecular complexity index is 681. The first-order chi connectivity index (χ1) is 9.00. The molecule has 0 amide bonds. The third-order valence-corrected chi connectivity index (χ3v) is 3.71. The Balaban J connectivity index is 2.46. The number of nitrogens with two attached hydrogens (primary N) is 5. The van der Waals surface area contributed by atoms with Crippen LogP contribution < -0.4 is 34.2 Å².